The molecule has 0 N–H and O–H groups in total. The highest BCUT2D eigenvalue weighted by atomic mass is 32.2. The molecule has 3 rings (SSSR count). The molecule has 3 aromatic rings. The van der Waals surface area contributed by atoms with Crippen LogP contribution in [-0.2, 0) is 16.4 Å². The lowest BCUT2D eigenvalue weighted by molar-refractivity contribution is 0.305. The summed E-state index contributed by atoms with van der Waals surface area (Å²) in [4.78, 5) is -0.234. The molecule has 4 nitrogen and oxygen atoms in total. The van der Waals surface area contributed by atoms with Gasteiger partial charge in [0.1, 0.15) is 23.3 Å². The Hall–Kier alpha value is -3.36. The number of ether oxygens (including phenoxy) is 1. The molecule has 0 spiro atoms. The molecule has 0 bridgehead atoms. The summed E-state index contributed by atoms with van der Waals surface area (Å²) >= 11 is 0. The molecule has 0 fully saturated rings. The summed E-state index contributed by atoms with van der Waals surface area (Å²) in [6, 6.07) is 23.2. The van der Waals surface area contributed by atoms with Crippen molar-refractivity contribution >= 4 is 15.9 Å². The minimum absolute atomic E-state index is 0.0919. The number of para-hydroxylation sites is 1. The highest BCUT2D eigenvalue weighted by Crippen LogP contribution is 2.26. The zero-order valence-corrected chi connectivity index (χ0v) is 17.1. The first-order chi connectivity index (χ1) is 13.9. The van der Waals surface area contributed by atoms with Gasteiger partial charge in [0.25, 0.3) is 0 Å². The van der Waals surface area contributed by atoms with Crippen molar-refractivity contribution in [1.29, 1.82) is 5.26 Å². The van der Waals surface area contributed by atoms with Gasteiger partial charge in [-0.2, -0.15) is 5.26 Å². The van der Waals surface area contributed by atoms with E-state index >= 15 is 0 Å². The van der Waals surface area contributed by atoms with Crippen LogP contribution in [0.4, 0.5) is 0 Å². The van der Waals surface area contributed by atoms with Gasteiger partial charge in [0.2, 0.25) is 9.84 Å². The number of sulfone groups is 1. The number of nitrogens with zero attached hydrogens (tertiary/aromatic N) is 1. The third-order valence-electron chi connectivity index (χ3n) is 4.58. The van der Waals surface area contributed by atoms with E-state index < -0.39 is 9.84 Å². The molecule has 146 valence electrons. The maximum Gasteiger partial charge on any atom is 0.216 e. The van der Waals surface area contributed by atoms with Crippen LogP contribution in [0.15, 0.2) is 82.6 Å². The number of hydrogen-bond acceptors (Lipinski definition) is 4. The first-order valence-electron chi connectivity index (χ1n) is 9.11. The Morgan fingerprint density at radius 2 is 1.62 bits per heavy atom. The Bertz CT molecular complexity index is 1190. The summed E-state index contributed by atoms with van der Waals surface area (Å²) in [5.74, 6) is 0.516. The van der Waals surface area contributed by atoms with Crippen LogP contribution >= 0.6 is 0 Å². The summed E-state index contributed by atoms with van der Waals surface area (Å²) in [5.41, 5.74) is 3.63. The molecular formula is C24H21NO3S. The summed E-state index contributed by atoms with van der Waals surface area (Å²) in [7, 11) is -3.91. The average Bonchev–Trinajstić information content (AvgIpc) is 2.72. The molecule has 0 aromatic heterocycles. The van der Waals surface area contributed by atoms with Gasteiger partial charge in [-0.1, -0.05) is 60.2 Å². The van der Waals surface area contributed by atoms with Crippen molar-refractivity contribution in [2.24, 2.45) is 0 Å². The van der Waals surface area contributed by atoms with Crippen molar-refractivity contribution < 1.29 is 13.2 Å². The Labute approximate surface area is 171 Å². The van der Waals surface area contributed by atoms with Gasteiger partial charge in [0.05, 0.1) is 4.90 Å². The number of aryl methyl sites for hydroxylation is 2. The lowest BCUT2D eigenvalue weighted by Crippen LogP contribution is -2.04. The van der Waals surface area contributed by atoms with E-state index in [0.717, 1.165) is 16.7 Å². The van der Waals surface area contributed by atoms with Crippen molar-refractivity contribution in [2.75, 3.05) is 0 Å². The monoisotopic (exact) mass is 403 g/mol. The highest BCUT2D eigenvalue weighted by molar-refractivity contribution is 7.95. The van der Waals surface area contributed by atoms with Gasteiger partial charge in [-0.3, -0.25) is 0 Å². The maximum absolute atomic E-state index is 12.9. The van der Waals surface area contributed by atoms with Crippen molar-refractivity contribution in [3.8, 4) is 11.8 Å². The lowest BCUT2D eigenvalue weighted by atomic mass is 10.1. The second-order valence-electron chi connectivity index (χ2n) is 6.69. The second kappa shape index (κ2) is 8.76. The predicted octanol–water partition coefficient (Wildman–Crippen LogP) is 5.22. The summed E-state index contributed by atoms with van der Waals surface area (Å²) < 4.78 is 31.7. The van der Waals surface area contributed by atoms with Crippen LogP contribution in [0, 0.1) is 25.2 Å². The summed E-state index contributed by atoms with van der Waals surface area (Å²) in [5, 5.41) is 9.54. The van der Waals surface area contributed by atoms with Crippen LogP contribution in [-0.4, -0.2) is 8.42 Å². The van der Waals surface area contributed by atoms with Crippen LogP contribution < -0.4 is 4.74 Å². The summed E-state index contributed by atoms with van der Waals surface area (Å²) in [6.07, 6.45) is 1.36. The normalized spacial score (nSPS) is 11.7. The molecule has 5 heteroatoms. The van der Waals surface area contributed by atoms with Crippen molar-refractivity contribution in [2.45, 2.75) is 25.3 Å². The van der Waals surface area contributed by atoms with Crippen molar-refractivity contribution in [3.63, 3.8) is 0 Å². The molecule has 0 saturated heterocycles. The van der Waals surface area contributed by atoms with E-state index in [1.54, 1.807) is 30.3 Å². The zero-order valence-electron chi connectivity index (χ0n) is 16.3. The van der Waals surface area contributed by atoms with Crippen LogP contribution in [0.25, 0.3) is 6.08 Å². The molecule has 0 aliphatic carbocycles. The van der Waals surface area contributed by atoms with Gasteiger partial charge in [-0.05, 0) is 49.2 Å². The molecule has 0 aliphatic heterocycles. The second-order valence-corrected chi connectivity index (χ2v) is 8.61. The highest BCUT2D eigenvalue weighted by Gasteiger charge is 2.21. The van der Waals surface area contributed by atoms with E-state index in [4.69, 9.17) is 4.74 Å². The first-order valence-corrected chi connectivity index (χ1v) is 10.6. The van der Waals surface area contributed by atoms with Crippen LogP contribution in [0.3, 0.4) is 0 Å². The fourth-order valence-corrected chi connectivity index (χ4v) is 3.96. The Morgan fingerprint density at radius 1 is 0.966 bits per heavy atom. The van der Waals surface area contributed by atoms with Crippen molar-refractivity contribution in [1.82, 2.24) is 0 Å². The Kier molecular flexibility index (Phi) is 6.16. The fourth-order valence-electron chi connectivity index (χ4n) is 2.81. The van der Waals surface area contributed by atoms with Gasteiger partial charge >= 0.3 is 0 Å². The topological polar surface area (TPSA) is 67.2 Å². The van der Waals surface area contributed by atoms with Crippen molar-refractivity contribution in [3.05, 3.63) is 100.0 Å². The molecule has 29 heavy (non-hydrogen) atoms. The molecule has 0 unspecified atom stereocenters. The van der Waals surface area contributed by atoms with Crippen LogP contribution in [0.5, 0.6) is 5.75 Å². The first kappa shape index (κ1) is 20.4. The minimum Gasteiger partial charge on any atom is -0.488 e. The number of nitriles is 1. The lowest BCUT2D eigenvalue weighted by Gasteiger charge is -2.11. The number of allylic oxidation sites excluding steroid dienone is 1. The zero-order chi connectivity index (χ0) is 20.9. The molecular weight excluding hydrogens is 382 g/mol. The molecule has 0 radical (unpaired) electrons. The number of rotatable bonds is 6. The van der Waals surface area contributed by atoms with Gasteiger partial charge in [-0.25, -0.2) is 8.42 Å². The van der Waals surface area contributed by atoms with E-state index in [9.17, 15) is 13.7 Å². The van der Waals surface area contributed by atoms with Gasteiger partial charge < -0.3 is 4.74 Å². The molecule has 0 aliphatic rings. The maximum atomic E-state index is 12.9. The number of benzene rings is 3. The molecule has 0 saturated carbocycles. The fraction of sp³-hybridized carbons (Fsp3) is 0.125. The molecule has 3 aromatic carbocycles. The minimum atomic E-state index is -3.91. The average molecular weight is 404 g/mol. The smallest absolute Gasteiger partial charge is 0.216 e. The quantitative estimate of drug-likeness (QED) is 0.529. The van der Waals surface area contributed by atoms with E-state index in [0.29, 0.717) is 17.9 Å². The Morgan fingerprint density at radius 3 is 2.31 bits per heavy atom. The van der Waals surface area contributed by atoms with Gasteiger partial charge in [0.15, 0.2) is 0 Å². The largest absolute Gasteiger partial charge is 0.488 e. The SMILES string of the molecule is Cc1ccc(S(=O)(=O)C(C#N)=Cc2ccccc2OCc2ccccc2C)cc1. The third kappa shape index (κ3) is 4.74. The molecule has 0 amide bonds. The summed E-state index contributed by atoms with van der Waals surface area (Å²) in [6.45, 7) is 4.23. The standard InChI is InChI=1S/C24H21NO3S/c1-18-11-13-22(14-12-18)29(26,27)23(16-25)15-20-8-5-6-10-24(20)28-17-21-9-4-3-7-19(21)2/h3-15H,17H2,1-2H3. The van der Waals surface area contributed by atoms with Crippen LogP contribution in [0.1, 0.15) is 22.3 Å². The molecule has 0 atom stereocenters. The van der Waals surface area contributed by atoms with Gasteiger partial charge in [-0.15, -0.1) is 0 Å². The van der Waals surface area contributed by atoms with E-state index in [1.807, 2.05) is 50.2 Å². The number of hydrogen-bond donors (Lipinski definition) is 0. The molecule has 0 heterocycles. The van der Waals surface area contributed by atoms with E-state index in [-0.39, 0.29) is 9.80 Å². The van der Waals surface area contributed by atoms with Gasteiger partial charge in [0, 0.05) is 5.56 Å². The predicted molar refractivity (Wildman–Crippen MR) is 114 cm³/mol. The Balaban J connectivity index is 1.93. The van der Waals surface area contributed by atoms with E-state index in [1.165, 1.54) is 18.2 Å². The van der Waals surface area contributed by atoms with E-state index in [2.05, 4.69) is 0 Å². The van der Waals surface area contributed by atoms with Crippen LogP contribution in [0.2, 0.25) is 0 Å². The third-order valence-corrected chi connectivity index (χ3v) is 6.26.